The fourth-order valence-electron chi connectivity index (χ4n) is 3.63. The SMILES string of the molecule is CPC(=O)C1CC(c2ccc(C(F)(F)F)cc2)CN(C(=O)Oc2ccc([N+](=O)[O-])cc2)C1. The lowest BCUT2D eigenvalue weighted by Crippen LogP contribution is -2.46. The van der Waals surface area contributed by atoms with Crippen molar-refractivity contribution >= 4 is 25.9 Å². The highest BCUT2D eigenvalue weighted by molar-refractivity contribution is 7.57. The van der Waals surface area contributed by atoms with Crippen LogP contribution in [-0.4, -0.2) is 41.2 Å². The molecule has 0 radical (unpaired) electrons. The van der Waals surface area contributed by atoms with Crippen molar-refractivity contribution < 1.29 is 32.4 Å². The Morgan fingerprint density at radius 2 is 1.72 bits per heavy atom. The molecule has 0 saturated carbocycles. The van der Waals surface area contributed by atoms with Gasteiger partial charge in [-0.25, -0.2) is 4.79 Å². The summed E-state index contributed by atoms with van der Waals surface area (Å²) in [5.74, 6) is -0.679. The summed E-state index contributed by atoms with van der Waals surface area (Å²) in [5, 5.41) is 10.8. The van der Waals surface area contributed by atoms with Crippen molar-refractivity contribution in [3.05, 3.63) is 69.8 Å². The molecular formula is C21H20F3N2O5P. The van der Waals surface area contributed by atoms with E-state index >= 15 is 0 Å². The lowest BCUT2D eigenvalue weighted by atomic mass is 9.85. The first-order valence-corrected chi connectivity index (χ1v) is 11.2. The molecule has 1 aliphatic rings. The van der Waals surface area contributed by atoms with Gasteiger partial charge >= 0.3 is 12.3 Å². The molecule has 0 aromatic heterocycles. The number of carbonyl (C=O) groups is 2. The van der Waals surface area contributed by atoms with Gasteiger partial charge in [0.1, 0.15) is 5.75 Å². The molecule has 0 aliphatic carbocycles. The van der Waals surface area contributed by atoms with Gasteiger partial charge in [-0.15, -0.1) is 0 Å². The van der Waals surface area contributed by atoms with Gasteiger partial charge in [-0.05, 0) is 42.9 Å². The maximum Gasteiger partial charge on any atom is 0.416 e. The zero-order valence-corrected chi connectivity index (χ0v) is 18.0. The van der Waals surface area contributed by atoms with E-state index in [1.807, 2.05) is 0 Å². The first-order valence-electron chi connectivity index (χ1n) is 9.68. The van der Waals surface area contributed by atoms with Crippen molar-refractivity contribution in [1.29, 1.82) is 0 Å². The number of benzene rings is 2. The second-order valence-electron chi connectivity index (χ2n) is 7.39. The molecule has 1 amide bonds. The van der Waals surface area contributed by atoms with Crippen LogP contribution in [0.4, 0.5) is 23.7 Å². The van der Waals surface area contributed by atoms with Gasteiger partial charge in [0.15, 0.2) is 5.52 Å². The monoisotopic (exact) mass is 468 g/mol. The first-order chi connectivity index (χ1) is 15.1. The smallest absolute Gasteiger partial charge is 0.410 e. The second-order valence-corrected chi connectivity index (χ2v) is 8.38. The Labute approximate surface area is 183 Å². The number of amides is 1. The fraction of sp³-hybridized carbons (Fsp3) is 0.333. The van der Waals surface area contributed by atoms with E-state index < -0.39 is 28.7 Å². The van der Waals surface area contributed by atoms with E-state index in [1.54, 1.807) is 6.66 Å². The highest BCUT2D eigenvalue weighted by Gasteiger charge is 2.36. The largest absolute Gasteiger partial charge is 0.416 e. The molecule has 2 aromatic rings. The van der Waals surface area contributed by atoms with Crippen molar-refractivity contribution in [2.45, 2.75) is 18.5 Å². The van der Waals surface area contributed by atoms with E-state index in [4.69, 9.17) is 4.74 Å². The highest BCUT2D eigenvalue weighted by atomic mass is 31.1. The summed E-state index contributed by atoms with van der Waals surface area (Å²) in [6.45, 7) is 2.06. The van der Waals surface area contributed by atoms with Crippen molar-refractivity contribution in [2.24, 2.45) is 5.92 Å². The van der Waals surface area contributed by atoms with Crippen LogP contribution in [-0.2, 0) is 11.0 Å². The van der Waals surface area contributed by atoms with E-state index in [1.165, 1.54) is 41.3 Å². The van der Waals surface area contributed by atoms with E-state index in [0.29, 0.717) is 12.0 Å². The number of hydrogen-bond acceptors (Lipinski definition) is 5. The standard InChI is InChI=1S/C21H20F3N2O5P/c1-32-19(27)15-10-14(13-2-4-16(5-3-13)21(22,23)24)11-25(12-15)20(28)31-18-8-6-17(7-9-18)26(29)30/h2-9,14-15,32H,10-12H2,1H3. The third-order valence-electron chi connectivity index (χ3n) is 5.29. The molecular weight excluding hydrogens is 448 g/mol. The van der Waals surface area contributed by atoms with Crippen molar-refractivity contribution in [3.8, 4) is 5.75 Å². The molecule has 1 saturated heterocycles. The summed E-state index contributed by atoms with van der Waals surface area (Å²) in [5.41, 5.74) is -0.341. The number of alkyl halides is 3. The minimum absolute atomic E-state index is 0.0188. The average molecular weight is 468 g/mol. The summed E-state index contributed by atoms with van der Waals surface area (Å²) in [4.78, 5) is 36.6. The summed E-state index contributed by atoms with van der Waals surface area (Å²) < 4.78 is 43.9. The molecule has 1 aliphatic heterocycles. The predicted molar refractivity (Wildman–Crippen MR) is 112 cm³/mol. The van der Waals surface area contributed by atoms with Crippen LogP contribution < -0.4 is 4.74 Å². The molecule has 1 fully saturated rings. The van der Waals surface area contributed by atoms with E-state index in [-0.39, 0.29) is 44.5 Å². The fourth-order valence-corrected chi connectivity index (χ4v) is 4.25. The van der Waals surface area contributed by atoms with E-state index in [2.05, 4.69) is 0 Å². The summed E-state index contributed by atoms with van der Waals surface area (Å²) in [6, 6.07) is 9.71. The van der Waals surface area contributed by atoms with Crippen LogP contribution in [0.25, 0.3) is 0 Å². The molecule has 2 aromatic carbocycles. The Morgan fingerprint density at radius 1 is 1.09 bits per heavy atom. The molecule has 170 valence electrons. The maximum absolute atomic E-state index is 12.9. The van der Waals surface area contributed by atoms with Crippen molar-refractivity contribution in [2.75, 3.05) is 19.8 Å². The number of nitrogens with zero attached hydrogens (tertiary/aromatic N) is 2. The summed E-state index contributed by atoms with van der Waals surface area (Å²) in [7, 11) is 0.0226. The van der Waals surface area contributed by atoms with Gasteiger partial charge in [0.25, 0.3) is 5.69 Å². The van der Waals surface area contributed by atoms with Crippen LogP contribution in [0.15, 0.2) is 48.5 Å². The quantitative estimate of drug-likeness (QED) is 0.348. The number of nitro benzene ring substituents is 1. The lowest BCUT2D eigenvalue weighted by Gasteiger charge is -2.36. The minimum atomic E-state index is -4.45. The first kappa shape index (κ1) is 23.7. The van der Waals surface area contributed by atoms with Crippen LogP contribution >= 0.6 is 8.58 Å². The molecule has 11 heteroatoms. The van der Waals surface area contributed by atoms with Crippen molar-refractivity contribution in [3.63, 3.8) is 0 Å². The molecule has 1 heterocycles. The van der Waals surface area contributed by atoms with Gasteiger partial charge in [-0.2, -0.15) is 13.2 Å². The molecule has 3 unspecified atom stereocenters. The molecule has 0 bridgehead atoms. The number of ether oxygens (including phenoxy) is 1. The average Bonchev–Trinajstić information content (AvgIpc) is 2.78. The van der Waals surface area contributed by atoms with Crippen LogP contribution in [0.3, 0.4) is 0 Å². The third-order valence-corrected chi connectivity index (χ3v) is 6.19. The topological polar surface area (TPSA) is 89.8 Å². The number of hydrogen-bond donors (Lipinski definition) is 0. The molecule has 32 heavy (non-hydrogen) atoms. The number of nitro groups is 1. The minimum Gasteiger partial charge on any atom is -0.410 e. The highest BCUT2D eigenvalue weighted by Crippen LogP contribution is 2.36. The number of rotatable bonds is 5. The Kier molecular flexibility index (Phi) is 7.13. The number of halogens is 3. The van der Waals surface area contributed by atoms with Gasteiger partial charge in [0, 0.05) is 37.1 Å². The summed E-state index contributed by atoms with van der Waals surface area (Å²) in [6.07, 6.45) is -4.76. The number of piperidine rings is 1. The predicted octanol–water partition coefficient (Wildman–Crippen LogP) is 5.05. The van der Waals surface area contributed by atoms with E-state index in [0.717, 1.165) is 12.1 Å². The van der Waals surface area contributed by atoms with Gasteiger partial charge in [0.05, 0.1) is 10.5 Å². The zero-order chi connectivity index (χ0) is 23.5. The summed E-state index contributed by atoms with van der Waals surface area (Å²) >= 11 is 0. The maximum atomic E-state index is 12.9. The van der Waals surface area contributed by atoms with Gasteiger partial charge in [-0.3, -0.25) is 14.9 Å². The van der Waals surface area contributed by atoms with Gasteiger partial charge in [-0.1, -0.05) is 20.7 Å². The van der Waals surface area contributed by atoms with Crippen LogP contribution in [0, 0.1) is 16.0 Å². The zero-order valence-electron chi connectivity index (χ0n) is 17.0. The number of likely N-dealkylation sites (tertiary alicyclic amines) is 1. The van der Waals surface area contributed by atoms with Crippen LogP contribution in [0.1, 0.15) is 23.5 Å². The third kappa shape index (κ3) is 5.62. The van der Waals surface area contributed by atoms with Gasteiger partial charge < -0.3 is 9.64 Å². The Hall–Kier alpha value is -3.00. The molecule has 3 atom stereocenters. The number of carbonyl (C=O) groups excluding carboxylic acids is 2. The Morgan fingerprint density at radius 3 is 2.25 bits per heavy atom. The second kappa shape index (κ2) is 9.65. The van der Waals surface area contributed by atoms with Crippen molar-refractivity contribution in [1.82, 2.24) is 4.90 Å². The Balaban J connectivity index is 1.78. The van der Waals surface area contributed by atoms with Crippen LogP contribution in [0.2, 0.25) is 0 Å². The molecule has 0 spiro atoms. The molecule has 0 N–H and O–H groups in total. The number of non-ortho nitro benzene ring substituents is 1. The normalized spacial score (nSPS) is 19.2. The molecule has 3 rings (SSSR count). The Bertz CT molecular complexity index is 996. The van der Waals surface area contributed by atoms with E-state index in [9.17, 15) is 32.9 Å². The lowest BCUT2D eigenvalue weighted by molar-refractivity contribution is -0.384. The van der Waals surface area contributed by atoms with Crippen LogP contribution in [0.5, 0.6) is 5.75 Å². The van der Waals surface area contributed by atoms with Gasteiger partial charge in [0.2, 0.25) is 0 Å². The molecule has 7 nitrogen and oxygen atoms in total.